The van der Waals surface area contributed by atoms with Crippen LogP contribution in [-0.2, 0) is 11.3 Å². The first-order valence-electron chi connectivity index (χ1n) is 5.99. The van der Waals surface area contributed by atoms with Gasteiger partial charge in [-0.1, -0.05) is 36.8 Å². The van der Waals surface area contributed by atoms with E-state index in [1.807, 2.05) is 14.0 Å². The lowest BCUT2D eigenvalue weighted by Gasteiger charge is -2.20. The average molecular weight is 235 g/mol. The van der Waals surface area contributed by atoms with E-state index in [0.29, 0.717) is 13.0 Å². The number of carboxylic acids is 1. The summed E-state index contributed by atoms with van der Waals surface area (Å²) in [4.78, 5) is 13.0. The molecule has 0 radical (unpaired) electrons. The van der Waals surface area contributed by atoms with Crippen LogP contribution < -0.4 is 0 Å². The lowest BCUT2D eigenvalue weighted by atomic mass is 10.1. The van der Waals surface area contributed by atoms with Gasteiger partial charge in [-0.3, -0.25) is 4.79 Å². The maximum Gasteiger partial charge on any atom is 0.307 e. The number of nitrogens with zero attached hydrogens (tertiary/aromatic N) is 1. The van der Waals surface area contributed by atoms with Gasteiger partial charge in [0.2, 0.25) is 0 Å². The lowest BCUT2D eigenvalue weighted by Crippen LogP contribution is -2.29. The summed E-state index contributed by atoms with van der Waals surface area (Å²) in [6.45, 7) is 5.37. The minimum absolute atomic E-state index is 0.273. The first-order valence-corrected chi connectivity index (χ1v) is 5.99. The molecule has 0 bridgehead atoms. The Bertz CT molecular complexity index is 359. The zero-order valence-corrected chi connectivity index (χ0v) is 10.8. The van der Waals surface area contributed by atoms with Crippen molar-refractivity contribution in [3.63, 3.8) is 0 Å². The van der Waals surface area contributed by atoms with E-state index < -0.39 is 5.97 Å². The van der Waals surface area contributed by atoms with Crippen LogP contribution in [-0.4, -0.2) is 29.6 Å². The monoisotopic (exact) mass is 235 g/mol. The number of hydrogen-bond acceptors (Lipinski definition) is 2. The third-order valence-electron chi connectivity index (χ3n) is 2.95. The molecule has 1 atom stereocenters. The van der Waals surface area contributed by atoms with Gasteiger partial charge in [0.15, 0.2) is 0 Å². The predicted octanol–water partition coefficient (Wildman–Crippen LogP) is 2.54. The molecule has 0 saturated carbocycles. The molecule has 3 heteroatoms. The Morgan fingerprint density at radius 2 is 1.94 bits per heavy atom. The number of carbonyl (C=O) groups is 1. The van der Waals surface area contributed by atoms with Crippen molar-refractivity contribution in [1.82, 2.24) is 4.90 Å². The van der Waals surface area contributed by atoms with Crippen LogP contribution in [0.1, 0.15) is 24.5 Å². The molecule has 1 rings (SSSR count). The second kappa shape index (κ2) is 6.40. The van der Waals surface area contributed by atoms with Crippen molar-refractivity contribution in [3.8, 4) is 0 Å². The zero-order chi connectivity index (χ0) is 12.8. The van der Waals surface area contributed by atoms with Crippen molar-refractivity contribution in [1.29, 1.82) is 0 Å². The Morgan fingerprint density at radius 1 is 1.35 bits per heavy atom. The van der Waals surface area contributed by atoms with E-state index >= 15 is 0 Å². The molecule has 1 N–H and O–H groups in total. The molecule has 0 aromatic heterocycles. The van der Waals surface area contributed by atoms with Crippen molar-refractivity contribution in [2.45, 2.75) is 26.8 Å². The topological polar surface area (TPSA) is 40.5 Å². The normalized spacial score (nSPS) is 12.7. The summed E-state index contributed by atoms with van der Waals surface area (Å²) >= 11 is 0. The first-order chi connectivity index (χ1) is 8.02. The fourth-order valence-electron chi connectivity index (χ4n) is 1.83. The Kier molecular flexibility index (Phi) is 5.16. The minimum atomic E-state index is -0.705. The van der Waals surface area contributed by atoms with Gasteiger partial charge in [-0.15, -0.1) is 0 Å². The number of rotatable bonds is 6. The molecule has 0 fully saturated rings. The highest BCUT2D eigenvalue weighted by molar-refractivity contribution is 5.70. The number of carboxylic acid groups (broad SMARTS) is 1. The number of aliphatic carboxylic acids is 1. The highest BCUT2D eigenvalue weighted by Gasteiger charge is 2.16. The van der Waals surface area contributed by atoms with Gasteiger partial charge < -0.3 is 10.0 Å². The Labute approximate surface area is 103 Å². The largest absolute Gasteiger partial charge is 0.481 e. The van der Waals surface area contributed by atoms with Crippen LogP contribution in [0.4, 0.5) is 0 Å². The summed E-state index contributed by atoms with van der Waals surface area (Å²) in [6, 6.07) is 8.34. The van der Waals surface area contributed by atoms with Gasteiger partial charge in [0, 0.05) is 13.1 Å². The molecule has 0 aliphatic carbocycles. The standard InChI is InChI=1S/C14H21NO2/c1-4-13(14(16)17)10-15(3)9-12-7-5-11(2)6-8-12/h5-8,13H,4,9-10H2,1-3H3,(H,16,17). The number of aryl methyl sites for hydroxylation is 1. The number of hydrogen-bond donors (Lipinski definition) is 1. The summed E-state index contributed by atoms with van der Waals surface area (Å²) in [5, 5.41) is 9.00. The predicted molar refractivity (Wildman–Crippen MR) is 68.9 cm³/mol. The molecule has 0 amide bonds. The Balaban J connectivity index is 2.51. The molecule has 1 unspecified atom stereocenters. The Morgan fingerprint density at radius 3 is 2.41 bits per heavy atom. The molecule has 1 aromatic carbocycles. The SMILES string of the molecule is CCC(CN(C)Cc1ccc(C)cc1)C(=O)O. The fourth-order valence-corrected chi connectivity index (χ4v) is 1.83. The van der Waals surface area contributed by atoms with Gasteiger partial charge in [0.1, 0.15) is 0 Å². The molecule has 0 spiro atoms. The molecule has 94 valence electrons. The van der Waals surface area contributed by atoms with Crippen LogP contribution in [0.3, 0.4) is 0 Å². The number of benzene rings is 1. The van der Waals surface area contributed by atoms with Crippen molar-refractivity contribution < 1.29 is 9.90 Å². The van der Waals surface area contributed by atoms with Crippen molar-refractivity contribution in [2.75, 3.05) is 13.6 Å². The van der Waals surface area contributed by atoms with Crippen LogP contribution in [0.5, 0.6) is 0 Å². The summed E-state index contributed by atoms with van der Waals surface area (Å²) in [6.07, 6.45) is 0.674. The smallest absolute Gasteiger partial charge is 0.307 e. The molecule has 0 heterocycles. The summed E-state index contributed by atoms with van der Waals surface area (Å²) < 4.78 is 0. The van der Waals surface area contributed by atoms with Crippen LogP contribution >= 0.6 is 0 Å². The van der Waals surface area contributed by atoms with Crippen LogP contribution in [0.2, 0.25) is 0 Å². The fraction of sp³-hybridized carbons (Fsp3) is 0.500. The third kappa shape index (κ3) is 4.57. The molecule has 0 aliphatic heterocycles. The molecule has 0 saturated heterocycles. The minimum Gasteiger partial charge on any atom is -0.481 e. The van der Waals surface area contributed by atoms with Crippen LogP contribution in [0.15, 0.2) is 24.3 Å². The van der Waals surface area contributed by atoms with E-state index in [2.05, 4.69) is 36.1 Å². The Hall–Kier alpha value is -1.35. The molecule has 0 aliphatic rings. The van der Waals surface area contributed by atoms with E-state index in [0.717, 1.165) is 6.54 Å². The molecule has 3 nitrogen and oxygen atoms in total. The summed E-state index contributed by atoms with van der Waals surface area (Å²) in [5.74, 6) is -0.978. The molecule has 1 aromatic rings. The van der Waals surface area contributed by atoms with Gasteiger partial charge in [-0.2, -0.15) is 0 Å². The first kappa shape index (κ1) is 13.7. The van der Waals surface area contributed by atoms with Gasteiger partial charge in [-0.05, 0) is 26.0 Å². The molecule has 17 heavy (non-hydrogen) atoms. The van der Waals surface area contributed by atoms with Crippen LogP contribution in [0.25, 0.3) is 0 Å². The van der Waals surface area contributed by atoms with E-state index in [9.17, 15) is 4.79 Å². The van der Waals surface area contributed by atoms with Gasteiger partial charge in [0.05, 0.1) is 5.92 Å². The van der Waals surface area contributed by atoms with Crippen molar-refractivity contribution in [3.05, 3.63) is 35.4 Å². The second-order valence-electron chi connectivity index (χ2n) is 4.63. The van der Waals surface area contributed by atoms with E-state index in [1.165, 1.54) is 11.1 Å². The zero-order valence-electron chi connectivity index (χ0n) is 10.8. The van der Waals surface area contributed by atoms with E-state index in [1.54, 1.807) is 0 Å². The van der Waals surface area contributed by atoms with Gasteiger partial charge >= 0.3 is 5.97 Å². The van der Waals surface area contributed by atoms with Gasteiger partial charge in [-0.25, -0.2) is 0 Å². The van der Waals surface area contributed by atoms with Crippen molar-refractivity contribution in [2.24, 2.45) is 5.92 Å². The highest BCUT2D eigenvalue weighted by atomic mass is 16.4. The van der Waals surface area contributed by atoms with E-state index in [4.69, 9.17) is 5.11 Å². The van der Waals surface area contributed by atoms with Gasteiger partial charge in [0.25, 0.3) is 0 Å². The summed E-state index contributed by atoms with van der Waals surface area (Å²) in [7, 11) is 1.96. The lowest BCUT2D eigenvalue weighted by molar-refractivity contribution is -0.142. The highest BCUT2D eigenvalue weighted by Crippen LogP contribution is 2.09. The maximum atomic E-state index is 10.9. The van der Waals surface area contributed by atoms with E-state index in [-0.39, 0.29) is 5.92 Å². The molecular formula is C14H21NO2. The summed E-state index contributed by atoms with van der Waals surface area (Å²) in [5.41, 5.74) is 2.46. The van der Waals surface area contributed by atoms with Crippen molar-refractivity contribution >= 4 is 5.97 Å². The van der Waals surface area contributed by atoms with Crippen LogP contribution in [0, 0.1) is 12.8 Å². The second-order valence-corrected chi connectivity index (χ2v) is 4.63. The maximum absolute atomic E-state index is 10.9. The molecular weight excluding hydrogens is 214 g/mol. The quantitative estimate of drug-likeness (QED) is 0.823. The average Bonchev–Trinajstić information content (AvgIpc) is 2.28. The third-order valence-corrected chi connectivity index (χ3v) is 2.95.